The second-order valence-corrected chi connectivity index (χ2v) is 9.87. The number of hydrogen-bond acceptors (Lipinski definition) is 1. The summed E-state index contributed by atoms with van der Waals surface area (Å²) < 4.78 is 173. The molecule has 0 radical (unpaired) electrons. The Hall–Kier alpha value is -3.64. The molecule has 0 spiro atoms. The maximum absolute atomic E-state index is 15.1. The average molecular weight is 598 g/mol. The van der Waals surface area contributed by atoms with Gasteiger partial charge >= 0.3 is 12.3 Å². The van der Waals surface area contributed by atoms with E-state index in [4.69, 9.17) is 0 Å². The molecule has 0 amide bonds. The molecule has 13 heteroatoms. The molecule has 1 unspecified atom stereocenters. The Morgan fingerprint density at radius 2 is 1.20 bits per heavy atom. The first-order valence-corrected chi connectivity index (χ1v) is 11.9. The van der Waals surface area contributed by atoms with Gasteiger partial charge in [-0.2, -0.15) is 22.0 Å². The molecule has 0 heterocycles. The number of alkyl halides is 5. The summed E-state index contributed by atoms with van der Waals surface area (Å²) in [5.41, 5.74) is -7.95. The summed E-state index contributed by atoms with van der Waals surface area (Å²) in [5, 5.41) is 0. The van der Waals surface area contributed by atoms with Crippen molar-refractivity contribution in [3.63, 3.8) is 0 Å². The summed E-state index contributed by atoms with van der Waals surface area (Å²) in [6.45, 7) is 3.17. The van der Waals surface area contributed by atoms with E-state index in [1.807, 2.05) is 0 Å². The van der Waals surface area contributed by atoms with Crippen LogP contribution in [0.1, 0.15) is 43.4 Å². The zero-order chi connectivity index (χ0) is 30.7. The van der Waals surface area contributed by atoms with Crippen LogP contribution in [0.2, 0.25) is 0 Å². The van der Waals surface area contributed by atoms with Gasteiger partial charge in [0, 0.05) is 17.5 Å². The quantitative estimate of drug-likeness (QED) is 0.266. The molecule has 0 aromatic heterocycles. The van der Waals surface area contributed by atoms with Crippen LogP contribution in [0.4, 0.5) is 52.7 Å². The lowest BCUT2D eigenvalue weighted by atomic mass is 9.71. The SMILES string of the molecule is CC1C=C(F)[C@@](C)(c2cc(F)c(-c3cc(F)c(C(F)(F)Oc4cc(F)c(C(F)(F)F)c(F)c4)c(F)c3)c(F)c2)CC1. The summed E-state index contributed by atoms with van der Waals surface area (Å²) in [5.74, 6) is -13.9. The first-order valence-electron chi connectivity index (χ1n) is 11.9. The van der Waals surface area contributed by atoms with E-state index in [1.165, 1.54) is 13.0 Å². The molecule has 2 atom stereocenters. The van der Waals surface area contributed by atoms with Crippen molar-refractivity contribution >= 4 is 0 Å². The van der Waals surface area contributed by atoms with Gasteiger partial charge in [0.1, 0.15) is 57.6 Å². The Kier molecular flexibility index (Phi) is 7.63. The lowest BCUT2D eigenvalue weighted by molar-refractivity contribution is -0.189. The molecule has 1 aliphatic rings. The minimum absolute atomic E-state index is 0.106. The smallest absolute Gasteiger partial charge is 0.429 e. The molecule has 3 aromatic carbocycles. The van der Waals surface area contributed by atoms with Gasteiger partial charge in [-0.1, -0.05) is 6.92 Å². The summed E-state index contributed by atoms with van der Waals surface area (Å²) in [7, 11) is 0. The van der Waals surface area contributed by atoms with Gasteiger partial charge in [0.05, 0.1) is 5.56 Å². The summed E-state index contributed by atoms with van der Waals surface area (Å²) in [6.07, 6.45) is -8.55. The van der Waals surface area contributed by atoms with Crippen LogP contribution >= 0.6 is 0 Å². The predicted octanol–water partition coefficient (Wildman–Crippen LogP) is 9.88. The van der Waals surface area contributed by atoms with Crippen molar-refractivity contribution in [3.05, 3.63) is 99.9 Å². The fraction of sp³-hybridized carbons (Fsp3) is 0.286. The van der Waals surface area contributed by atoms with Gasteiger partial charge in [0.15, 0.2) is 0 Å². The van der Waals surface area contributed by atoms with Crippen molar-refractivity contribution in [1.29, 1.82) is 0 Å². The van der Waals surface area contributed by atoms with E-state index >= 15 is 8.78 Å². The standard InChI is InChI=1S/C28H18F12O/c1-12-3-4-26(2,22(35)5-12)14-8-16(29)23(17(30)9-14)13-6-18(31)25(19(32)7-13)28(39,40)41-15-10-20(33)24(21(34)11-15)27(36,37)38/h5-12H,3-4H2,1-2H3/t12?,26-/m1/s1. The molecule has 4 rings (SSSR count). The lowest BCUT2D eigenvalue weighted by Crippen LogP contribution is -2.28. The van der Waals surface area contributed by atoms with E-state index in [9.17, 15) is 43.9 Å². The van der Waals surface area contributed by atoms with Crippen LogP contribution in [0.3, 0.4) is 0 Å². The van der Waals surface area contributed by atoms with E-state index in [0.29, 0.717) is 6.42 Å². The highest BCUT2D eigenvalue weighted by atomic mass is 19.4. The van der Waals surface area contributed by atoms with E-state index < -0.39 is 86.4 Å². The molecule has 0 N–H and O–H groups in total. The number of allylic oxidation sites excluding steroid dienone is 2. The van der Waals surface area contributed by atoms with Gasteiger partial charge in [-0.3, -0.25) is 0 Å². The van der Waals surface area contributed by atoms with Gasteiger partial charge < -0.3 is 4.74 Å². The first kappa shape index (κ1) is 30.3. The second-order valence-electron chi connectivity index (χ2n) is 9.87. The molecule has 41 heavy (non-hydrogen) atoms. The normalized spacial score (nSPS) is 19.8. The maximum Gasteiger partial charge on any atom is 0.432 e. The van der Waals surface area contributed by atoms with Gasteiger partial charge in [0.25, 0.3) is 0 Å². The minimum Gasteiger partial charge on any atom is -0.429 e. The Morgan fingerprint density at radius 1 is 0.707 bits per heavy atom. The molecule has 0 bridgehead atoms. The largest absolute Gasteiger partial charge is 0.432 e. The summed E-state index contributed by atoms with van der Waals surface area (Å²) >= 11 is 0. The van der Waals surface area contributed by atoms with Crippen molar-refractivity contribution in [3.8, 4) is 16.9 Å². The maximum atomic E-state index is 15.1. The minimum atomic E-state index is -5.52. The van der Waals surface area contributed by atoms with Gasteiger partial charge in [0.2, 0.25) is 0 Å². The van der Waals surface area contributed by atoms with Crippen LogP contribution in [-0.2, 0) is 17.7 Å². The molecule has 220 valence electrons. The molecule has 0 saturated heterocycles. The number of halogens is 12. The van der Waals surface area contributed by atoms with E-state index in [1.54, 1.807) is 6.92 Å². The molecule has 3 aromatic rings. The highest BCUT2D eigenvalue weighted by molar-refractivity contribution is 5.67. The average Bonchev–Trinajstić information content (AvgIpc) is 2.78. The zero-order valence-electron chi connectivity index (χ0n) is 21.0. The third kappa shape index (κ3) is 5.62. The van der Waals surface area contributed by atoms with Crippen LogP contribution in [0.25, 0.3) is 11.1 Å². The Balaban J connectivity index is 1.70. The van der Waals surface area contributed by atoms with Crippen LogP contribution in [-0.4, -0.2) is 0 Å². The van der Waals surface area contributed by atoms with Crippen molar-refractivity contribution in [2.24, 2.45) is 5.92 Å². The van der Waals surface area contributed by atoms with Crippen molar-refractivity contribution in [1.82, 2.24) is 0 Å². The zero-order valence-corrected chi connectivity index (χ0v) is 21.0. The topological polar surface area (TPSA) is 9.23 Å². The van der Waals surface area contributed by atoms with E-state index in [0.717, 1.165) is 12.1 Å². The fourth-order valence-corrected chi connectivity index (χ4v) is 4.68. The van der Waals surface area contributed by atoms with E-state index in [-0.39, 0.29) is 42.2 Å². The van der Waals surface area contributed by atoms with Crippen LogP contribution in [0.15, 0.2) is 48.3 Å². The Bertz CT molecular complexity index is 1470. The third-order valence-electron chi connectivity index (χ3n) is 6.90. The van der Waals surface area contributed by atoms with Gasteiger partial charge in [-0.15, -0.1) is 0 Å². The molecule has 0 saturated carbocycles. The molecule has 1 aliphatic carbocycles. The molecular formula is C28H18F12O. The monoisotopic (exact) mass is 598 g/mol. The highest BCUT2D eigenvalue weighted by Crippen LogP contribution is 2.45. The van der Waals surface area contributed by atoms with Gasteiger partial charge in [-0.05, 0) is 67.2 Å². The number of ether oxygens (including phenoxy) is 1. The van der Waals surface area contributed by atoms with Crippen molar-refractivity contribution in [2.45, 2.75) is 44.4 Å². The second kappa shape index (κ2) is 10.3. The molecule has 0 aliphatic heterocycles. The number of rotatable bonds is 5. The van der Waals surface area contributed by atoms with Crippen LogP contribution < -0.4 is 4.74 Å². The highest BCUT2D eigenvalue weighted by Gasteiger charge is 2.43. The predicted molar refractivity (Wildman–Crippen MR) is 123 cm³/mol. The molecule has 0 fully saturated rings. The van der Waals surface area contributed by atoms with Gasteiger partial charge in [-0.25, -0.2) is 30.7 Å². The first-order chi connectivity index (χ1) is 18.8. The van der Waals surface area contributed by atoms with Crippen molar-refractivity contribution in [2.75, 3.05) is 0 Å². The Labute approximate surface area is 225 Å². The summed E-state index contributed by atoms with van der Waals surface area (Å²) in [4.78, 5) is 0. The number of hydrogen-bond donors (Lipinski definition) is 0. The van der Waals surface area contributed by atoms with E-state index in [2.05, 4.69) is 4.74 Å². The van der Waals surface area contributed by atoms with Crippen LogP contribution in [0.5, 0.6) is 5.75 Å². The Morgan fingerprint density at radius 3 is 1.66 bits per heavy atom. The number of benzene rings is 3. The summed E-state index contributed by atoms with van der Waals surface area (Å²) in [6, 6.07) is 1.27. The third-order valence-corrected chi connectivity index (χ3v) is 6.90. The lowest BCUT2D eigenvalue weighted by Gasteiger charge is -2.34. The molecule has 1 nitrogen and oxygen atoms in total. The van der Waals surface area contributed by atoms with Crippen LogP contribution in [0, 0.1) is 40.8 Å². The van der Waals surface area contributed by atoms with Crippen molar-refractivity contribution < 1.29 is 57.4 Å². The molecular weight excluding hydrogens is 580 g/mol. The fourth-order valence-electron chi connectivity index (χ4n) is 4.68.